The van der Waals surface area contributed by atoms with E-state index in [1.54, 1.807) is 6.07 Å². The quantitative estimate of drug-likeness (QED) is 0.472. The fraction of sp³-hybridized carbons (Fsp3) is 0.625. The Morgan fingerprint density at radius 3 is 2.67 bits per heavy atom. The van der Waals surface area contributed by atoms with Crippen LogP contribution in [-0.2, 0) is 19.9 Å². The Labute approximate surface area is 197 Å². The molecule has 0 aromatic carbocycles. The Bertz CT molecular complexity index is 949. The number of anilines is 1. The van der Waals surface area contributed by atoms with Gasteiger partial charge in [0.05, 0.1) is 13.1 Å². The highest BCUT2D eigenvalue weighted by Crippen LogP contribution is 2.43. The van der Waals surface area contributed by atoms with Gasteiger partial charge in [0.2, 0.25) is 0 Å². The van der Waals surface area contributed by atoms with Crippen molar-refractivity contribution in [3.05, 3.63) is 34.7 Å². The smallest absolute Gasteiger partial charge is 0.344 e. The van der Waals surface area contributed by atoms with E-state index in [-0.39, 0.29) is 23.8 Å². The van der Waals surface area contributed by atoms with Gasteiger partial charge in [0.25, 0.3) is 5.91 Å². The molecule has 2 aromatic heterocycles. The minimum Gasteiger partial charge on any atom is -0.454 e. The summed E-state index contributed by atoms with van der Waals surface area (Å²) in [5.74, 6) is -0.0599. The Hall–Kier alpha value is -2.23. The largest absolute Gasteiger partial charge is 0.454 e. The topological polar surface area (TPSA) is 102 Å². The molecule has 2 N–H and O–H groups in total. The van der Waals surface area contributed by atoms with Crippen molar-refractivity contribution < 1.29 is 28.4 Å². The number of carbonyl (C=O) groups excluding carboxylic acids is 2. The Kier molecular flexibility index (Phi) is 6.28. The number of hydrogen-bond acceptors (Lipinski definition) is 7. The van der Waals surface area contributed by atoms with E-state index >= 15 is 0 Å². The van der Waals surface area contributed by atoms with Crippen molar-refractivity contribution in [2.45, 2.75) is 56.7 Å². The SMILES string of the molecule is O=C(C[N+]12CCC(CC1)C(OC(=O)[C@](O)(c1cccs1)C1CCCCC1)C2)Nc1ccon1. The number of quaternary nitrogens is 1. The highest BCUT2D eigenvalue weighted by Gasteiger charge is 2.53. The summed E-state index contributed by atoms with van der Waals surface area (Å²) in [6, 6.07) is 5.34. The van der Waals surface area contributed by atoms with Crippen LogP contribution in [-0.4, -0.2) is 58.9 Å². The number of ether oxygens (including phenoxy) is 1. The second kappa shape index (κ2) is 9.19. The predicted molar refractivity (Wildman–Crippen MR) is 122 cm³/mol. The Morgan fingerprint density at radius 2 is 2.00 bits per heavy atom. The van der Waals surface area contributed by atoms with Gasteiger partial charge < -0.3 is 24.2 Å². The van der Waals surface area contributed by atoms with E-state index in [1.807, 2.05) is 17.5 Å². The highest BCUT2D eigenvalue weighted by molar-refractivity contribution is 7.10. The average molecular weight is 475 g/mol. The van der Waals surface area contributed by atoms with Crippen LogP contribution in [0.5, 0.6) is 0 Å². The van der Waals surface area contributed by atoms with E-state index in [2.05, 4.69) is 10.5 Å². The Balaban J connectivity index is 1.29. The molecular formula is C24H32N3O5S+. The predicted octanol–water partition coefficient (Wildman–Crippen LogP) is 3.29. The molecule has 1 unspecified atom stereocenters. The summed E-state index contributed by atoms with van der Waals surface area (Å²) in [7, 11) is 0. The summed E-state index contributed by atoms with van der Waals surface area (Å²) in [4.78, 5) is 26.9. The third kappa shape index (κ3) is 4.46. The van der Waals surface area contributed by atoms with E-state index in [4.69, 9.17) is 9.26 Å². The molecule has 2 atom stereocenters. The van der Waals surface area contributed by atoms with Gasteiger partial charge >= 0.3 is 5.97 Å². The molecule has 2 bridgehead atoms. The van der Waals surface area contributed by atoms with E-state index in [9.17, 15) is 14.7 Å². The van der Waals surface area contributed by atoms with Crippen LogP contribution in [0.25, 0.3) is 0 Å². The van der Waals surface area contributed by atoms with Crippen LogP contribution in [0.2, 0.25) is 0 Å². The molecule has 4 fully saturated rings. The van der Waals surface area contributed by atoms with Gasteiger partial charge in [-0.1, -0.05) is 30.5 Å². The van der Waals surface area contributed by atoms with E-state index < -0.39 is 11.6 Å². The maximum Gasteiger partial charge on any atom is 0.344 e. The van der Waals surface area contributed by atoms with Crippen molar-refractivity contribution in [1.29, 1.82) is 0 Å². The molecule has 1 amide bonds. The van der Waals surface area contributed by atoms with Gasteiger partial charge in [0.15, 0.2) is 24.1 Å². The van der Waals surface area contributed by atoms with Crippen molar-refractivity contribution in [1.82, 2.24) is 5.16 Å². The number of nitrogens with one attached hydrogen (secondary N) is 1. The maximum atomic E-state index is 13.6. The molecule has 178 valence electrons. The van der Waals surface area contributed by atoms with Crippen molar-refractivity contribution in [3.63, 3.8) is 0 Å². The van der Waals surface area contributed by atoms with Crippen LogP contribution in [0.1, 0.15) is 49.8 Å². The molecule has 0 spiro atoms. The Morgan fingerprint density at radius 1 is 1.21 bits per heavy atom. The molecule has 3 saturated heterocycles. The first-order valence-electron chi connectivity index (χ1n) is 12.0. The molecule has 0 radical (unpaired) electrons. The molecule has 33 heavy (non-hydrogen) atoms. The summed E-state index contributed by atoms with van der Waals surface area (Å²) < 4.78 is 11.5. The normalized spacial score (nSPS) is 29.4. The van der Waals surface area contributed by atoms with E-state index in [0.717, 1.165) is 58.0 Å². The van der Waals surface area contributed by atoms with Gasteiger partial charge in [0, 0.05) is 35.6 Å². The number of amides is 1. The molecule has 8 nitrogen and oxygen atoms in total. The molecular weight excluding hydrogens is 442 g/mol. The molecule has 4 aliphatic rings. The van der Waals surface area contributed by atoms with Crippen molar-refractivity contribution in [2.24, 2.45) is 11.8 Å². The molecule has 5 heterocycles. The van der Waals surface area contributed by atoms with Crippen LogP contribution in [0.4, 0.5) is 5.82 Å². The lowest BCUT2D eigenvalue weighted by Gasteiger charge is -2.52. The van der Waals surface area contributed by atoms with Crippen molar-refractivity contribution in [3.8, 4) is 0 Å². The zero-order valence-electron chi connectivity index (χ0n) is 18.8. The van der Waals surface area contributed by atoms with Gasteiger partial charge in [-0.15, -0.1) is 11.3 Å². The fourth-order valence-electron chi connectivity index (χ4n) is 6.05. The number of carbonyl (C=O) groups is 2. The van der Waals surface area contributed by atoms with E-state index in [0.29, 0.717) is 28.3 Å². The van der Waals surface area contributed by atoms with Crippen LogP contribution >= 0.6 is 11.3 Å². The zero-order chi connectivity index (χ0) is 22.9. The maximum absolute atomic E-state index is 13.6. The average Bonchev–Trinajstić information content (AvgIpc) is 3.54. The van der Waals surface area contributed by atoms with Gasteiger partial charge in [0.1, 0.15) is 12.8 Å². The summed E-state index contributed by atoms with van der Waals surface area (Å²) >= 11 is 1.42. The first-order valence-corrected chi connectivity index (χ1v) is 12.9. The fourth-order valence-corrected chi connectivity index (χ4v) is 6.94. The number of thiophene rings is 1. The third-order valence-corrected chi connectivity index (χ3v) is 8.88. The van der Waals surface area contributed by atoms with Crippen molar-refractivity contribution in [2.75, 3.05) is 31.5 Å². The summed E-state index contributed by atoms with van der Waals surface area (Å²) in [6.07, 6.45) is 7.83. The van der Waals surface area contributed by atoms with Gasteiger partial charge in [-0.2, -0.15) is 0 Å². The van der Waals surface area contributed by atoms with Crippen LogP contribution in [0.3, 0.4) is 0 Å². The number of aliphatic hydroxyl groups is 1. The zero-order valence-corrected chi connectivity index (χ0v) is 19.6. The molecule has 1 saturated carbocycles. The number of nitrogens with zero attached hydrogens (tertiary/aromatic N) is 2. The molecule has 2 aromatic rings. The lowest BCUT2D eigenvalue weighted by atomic mass is 9.75. The van der Waals surface area contributed by atoms with Crippen LogP contribution < -0.4 is 5.32 Å². The number of esters is 1. The van der Waals surface area contributed by atoms with Crippen LogP contribution in [0.15, 0.2) is 34.4 Å². The minimum atomic E-state index is -1.59. The number of piperidine rings is 3. The summed E-state index contributed by atoms with van der Waals surface area (Å²) in [5.41, 5.74) is -1.59. The second-order valence-electron chi connectivity index (χ2n) is 9.92. The molecule has 9 heteroatoms. The van der Waals surface area contributed by atoms with Gasteiger partial charge in [-0.05, 0) is 24.3 Å². The standard InChI is InChI=1S/C24H31N3O5S/c28-22(25-21-10-13-31-26-21)16-27-11-8-17(9-12-27)19(15-27)32-23(29)24(30,20-7-4-14-33-20)18-5-2-1-3-6-18/h4,7,10,13-14,17-19,30H,1-3,5-6,8-9,11-12,15-16H2/p+1/t17?,19?,24-,27?/m1/s1. The first-order chi connectivity index (χ1) is 16.0. The van der Waals surface area contributed by atoms with E-state index in [1.165, 1.54) is 17.6 Å². The third-order valence-electron chi connectivity index (χ3n) is 7.89. The van der Waals surface area contributed by atoms with Gasteiger partial charge in [-0.3, -0.25) is 4.79 Å². The molecule has 3 aliphatic heterocycles. The number of rotatable bonds is 7. The lowest BCUT2D eigenvalue weighted by Crippen LogP contribution is -2.66. The lowest BCUT2D eigenvalue weighted by molar-refractivity contribution is -0.939. The minimum absolute atomic E-state index is 0.116. The van der Waals surface area contributed by atoms with Gasteiger partial charge in [-0.25, -0.2) is 4.79 Å². The highest BCUT2D eigenvalue weighted by atomic mass is 32.1. The number of aromatic nitrogens is 1. The number of hydrogen-bond donors (Lipinski definition) is 2. The number of fused-ring (bicyclic) bond motifs is 3. The van der Waals surface area contributed by atoms with Crippen LogP contribution in [0, 0.1) is 11.8 Å². The molecule has 6 rings (SSSR count). The second-order valence-corrected chi connectivity index (χ2v) is 10.9. The van der Waals surface area contributed by atoms with Crippen molar-refractivity contribution >= 4 is 29.0 Å². The summed E-state index contributed by atoms with van der Waals surface area (Å²) in [5, 5.41) is 20.2. The monoisotopic (exact) mass is 474 g/mol. The molecule has 1 aliphatic carbocycles. The summed E-state index contributed by atoms with van der Waals surface area (Å²) in [6.45, 7) is 2.70. The first kappa shape index (κ1) is 22.6.